The summed E-state index contributed by atoms with van der Waals surface area (Å²) in [6.45, 7) is 12.1. The minimum absolute atomic E-state index is 0.155. The largest absolute Gasteiger partial charge is 0.490 e. The number of piperazine rings is 1. The van der Waals surface area contributed by atoms with Crippen molar-refractivity contribution in [1.29, 1.82) is 0 Å². The van der Waals surface area contributed by atoms with E-state index in [4.69, 9.17) is 9.47 Å². The summed E-state index contributed by atoms with van der Waals surface area (Å²) < 4.78 is 39.5. The number of rotatable bonds is 8. The Morgan fingerprint density at radius 2 is 1.55 bits per heavy atom. The minimum atomic E-state index is -3.65. The molecule has 2 aromatic carbocycles. The first-order valence-electron chi connectivity index (χ1n) is 11.3. The first-order chi connectivity index (χ1) is 15.7. The summed E-state index contributed by atoms with van der Waals surface area (Å²) in [6.07, 6.45) is 0. The van der Waals surface area contributed by atoms with Crippen LogP contribution in [0, 0.1) is 27.7 Å². The van der Waals surface area contributed by atoms with E-state index >= 15 is 0 Å². The smallest absolute Gasteiger partial charge is 0.257 e. The average Bonchev–Trinajstić information content (AvgIpc) is 2.80. The molecule has 1 aliphatic heterocycles. The van der Waals surface area contributed by atoms with Crippen LogP contribution in [0.5, 0.6) is 5.75 Å². The molecule has 33 heavy (non-hydrogen) atoms. The summed E-state index contributed by atoms with van der Waals surface area (Å²) in [5, 5.41) is 0. The van der Waals surface area contributed by atoms with Gasteiger partial charge in [-0.3, -0.25) is 4.79 Å². The highest BCUT2D eigenvalue weighted by Gasteiger charge is 2.33. The second-order valence-corrected chi connectivity index (χ2v) is 10.2. The Kier molecular flexibility index (Phi) is 8.15. The third-order valence-corrected chi connectivity index (χ3v) is 8.40. The Bertz CT molecular complexity index is 1080. The van der Waals surface area contributed by atoms with Crippen molar-refractivity contribution < 1.29 is 22.7 Å². The summed E-state index contributed by atoms with van der Waals surface area (Å²) in [4.78, 5) is 15.3. The number of sulfonamides is 1. The topological polar surface area (TPSA) is 76.2 Å². The molecular formula is C25H34N2O5S. The SMILES string of the molecule is CCOCCOc1ccccc1C(=O)N1CCN(S(=O)(=O)c2c(C)c(C)cc(C)c2C)CC1. The number of hydrogen-bond acceptors (Lipinski definition) is 5. The van der Waals surface area contributed by atoms with Crippen molar-refractivity contribution >= 4 is 15.9 Å². The van der Waals surface area contributed by atoms with Gasteiger partial charge in [-0.05, 0) is 69.0 Å². The maximum atomic E-state index is 13.5. The van der Waals surface area contributed by atoms with E-state index in [2.05, 4.69) is 0 Å². The molecule has 8 heteroatoms. The fourth-order valence-electron chi connectivity index (χ4n) is 4.12. The zero-order valence-electron chi connectivity index (χ0n) is 20.2. The molecule has 0 atom stereocenters. The van der Waals surface area contributed by atoms with E-state index in [1.807, 2.05) is 46.8 Å². The molecule has 1 saturated heterocycles. The van der Waals surface area contributed by atoms with E-state index in [0.717, 1.165) is 22.3 Å². The van der Waals surface area contributed by atoms with Crippen LogP contribution in [0.2, 0.25) is 0 Å². The van der Waals surface area contributed by atoms with Crippen LogP contribution in [0.1, 0.15) is 39.5 Å². The van der Waals surface area contributed by atoms with E-state index in [1.54, 1.807) is 23.1 Å². The predicted octanol–water partition coefficient (Wildman–Crippen LogP) is 3.48. The van der Waals surface area contributed by atoms with E-state index in [-0.39, 0.29) is 19.0 Å². The Labute approximate surface area is 197 Å². The van der Waals surface area contributed by atoms with E-state index in [0.29, 0.717) is 49.1 Å². The maximum absolute atomic E-state index is 13.5. The van der Waals surface area contributed by atoms with Crippen molar-refractivity contribution in [2.45, 2.75) is 39.5 Å². The summed E-state index contributed by atoms with van der Waals surface area (Å²) in [6, 6.07) is 9.16. The van der Waals surface area contributed by atoms with Crippen molar-refractivity contribution in [3.05, 3.63) is 58.1 Å². The fourth-order valence-corrected chi connectivity index (χ4v) is 6.12. The summed E-state index contributed by atoms with van der Waals surface area (Å²) in [5.74, 6) is 0.358. The predicted molar refractivity (Wildman–Crippen MR) is 128 cm³/mol. The fraction of sp³-hybridized carbons (Fsp3) is 0.480. The molecule has 0 radical (unpaired) electrons. The number of ether oxygens (including phenoxy) is 2. The molecule has 1 aliphatic rings. The molecule has 2 aromatic rings. The Balaban J connectivity index is 1.73. The van der Waals surface area contributed by atoms with Gasteiger partial charge in [-0.1, -0.05) is 18.2 Å². The molecule has 0 N–H and O–H groups in total. The van der Waals surface area contributed by atoms with Gasteiger partial charge in [-0.15, -0.1) is 0 Å². The third kappa shape index (κ3) is 5.39. The van der Waals surface area contributed by atoms with Crippen LogP contribution in [-0.2, 0) is 14.8 Å². The summed E-state index contributed by atoms with van der Waals surface area (Å²) >= 11 is 0. The van der Waals surface area contributed by atoms with Crippen LogP contribution in [-0.4, -0.2) is 69.5 Å². The molecule has 0 aliphatic carbocycles. The number of amides is 1. The van der Waals surface area contributed by atoms with Gasteiger partial charge in [0, 0.05) is 32.8 Å². The van der Waals surface area contributed by atoms with Crippen LogP contribution in [0.15, 0.2) is 35.2 Å². The molecule has 3 rings (SSSR count). The molecule has 0 spiro atoms. The van der Waals surface area contributed by atoms with Gasteiger partial charge >= 0.3 is 0 Å². The number of carbonyl (C=O) groups excluding carboxylic acids is 1. The number of benzene rings is 2. The lowest BCUT2D eigenvalue weighted by Gasteiger charge is -2.35. The monoisotopic (exact) mass is 474 g/mol. The van der Waals surface area contributed by atoms with Crippen molar-refractivity contribution in [2.24, 2.45) is 0 Å². The lowest BCUT2D eigenvalue weighted by Crippen LogP contribution is -2.50. The van der Waals surface area contributed by atoms with Gasteiger partial charge in [0.05, 0.1) is 17.1 Å². The third-order valence-electron chi connectivity index (χ3n) is 6.23. The first kappa shape index (κ1) is 25.2. The molecule has 0 aromatic heterocycles. The van der Waals surface area contributed by atoms with Crippen molar-refractivity contribution in [3.8, 4) is 5.75 Å². The molecule has 0 bridgehead atoms. The van der Waals surface area contributed by atoms with E-state index in [1.165, 1.54) is 4.31 Å². The zero-order chi connectivity index (χ0) is 24.2. The van der Waals surface area contributed by atoms with E-state index < -0.39 is 10.0 Å². The van der Waals surface area contributed by atoms with Gasteiger partial charge in [-0.25, -0.2) is 8.42 Å². The molecule has 7 nitrogen and oxygen atoms in total. The zero-order valence-corrected chi connectivity index (χ0v) is 21.0. The first-order valence-corrected chi connectivity index (χ1v) is 12.8. The van der Waals surface area contributed by atoms with Gasteiger partial charge in [0.15, 0.2) is 0 Å². The van der Waals surface area contributed by atoms with Crippen LogP contribution in [0.4, 0.5) is 0 Å². The Hall–Kier alpha value is -2.42. The number of para-hydroxylation sites is 1. The van der Waals surface area contributed by atoms with Crippen molar-refractivity contribution in [2.75, 3.05) is 46.0 Å². The van der Waals surface area contributed by atoms with Crippen LogP contribution in [0.25, 0.3) is 0 Å². The Morgan fingerprint density at radius 1 is 0.939 bits per heavy atom. The van der Waals surface area contributed by atoms with Crippen LogP contribution < -0.4 is 4.74 Å². The van der Waals surface area contributed by atoms with Gasteiger partial charge in [0.25, 0.3) is 5.91 Å². The molecule has 1 amide bonds. The molecule has 1 heterocycles. The standard InChI is InChI=1S/C25H34N2O5S/c1-6-31-15-16-32-23-10-8-7-9-22(23)25(28)26-11-13-27(14-12-26)33(29,30)24-20(4)18(2)17-19(3)21(24)5/h7-10,17H,6,11-16H2,1-5H3. The molecular weight excluding hydrogens is 440 g/mol. The maximum Gasteiger partial charge on any atom is 0.257 e. The highest BCUT2D eigenvalue weighted by atomic mass is 32.2. The quantitative estimate of drug-likeness (QED) is 0.548. The lowest BCUT2D eigenvalue weighted by molar-refractivity contribution is 0.0688. The Morgan fingerprint density at radius 3 is 2.15 bits per heavy atom. The van der Waals surface area contributed by atoms with Crippen LogP contribution in [0.3, 0.4) is 0 Å². The molecule has 0 unspecified atom stereocenters. The van der Waals surface area contributed by atoms with Gasteiger partial charge in [0.2, 0.25) is 10.0 Å². The summed E-state index contributed by atoms with van der Waals surface area (Å²) in [7, 11) is -3.65. The molecule has 0 saturated carbocycles. The van der Waals surface area contributed by atoms with Gasteiger partial charge in [-0.2, -0.15) is 4.31 Å². The number of carbonyl (C=O) groups is 1. The van der Waals surface area contributed by atoms with Crippen LogP contribution >= 0.6 is 0 Å². The summed E-state index contributed by atoms with van der Waals surface area (Å²) in [5.41, 5.74) is 3.98. The number of aryl methyl sites for hydroxylation is 2. The van der Waals surface area contributed by atoms with Gasteiger partial charge in [0.1, 0.15) is 12.4 Å². The van der Waals surface area contributed by atoms with E-state index in [9.17, 15) is 13.2 Å². The average molecular weight is 475 g/mol. The minimum Gasteiger partial charge on any atom is -0.490 e. The molecule has 180 valence electrons. The number of hydrogen-bond donors (Lipinski definition) is 0. The highest BCUT2D eigenvalue weighted by molar-refractivity contribution is 7.89. The van der Waals surface area contributed by atoms with Gasteiger partial charge < -0.3 is 14.4 Å². The second kappa shape index (κ2) is 10.7. The number of nitrogens with zero attached hydrogens (tertiary/aromatic N) is 2. The molecule has 1 fully saturated rings. The second-order valence-electron chi connectivity index (χ2n) is 8.33. The normalized spacial score (nSPS) is 15.0. The lowest BCUT2D eigenvalue weighted by atomic mass is 10.0. The van der Waals surface area contributed by atoms with Crippen molar-refractivity contribution in [1.82, 2.24) is 9.21 Å². The highest BCUT2D eigenvalue weighted by Crippen LogP contribution is 2.29. The van der Waals surface area contributed by atoms with Crippen molar-refractivity contribution in [3.63, 3.8) is 0 Å².